The van der Waals surface area contributed by atoms with E-state index in [2.05, 4.69) is 49.6 Å². The summed E-state index contributed by atoms with van der Waals surface area (Å²) < 4.78 is 5.89. The maximum Gasteiger partial charge on any atom is 0.120 e. The van der Waals surface area contributed by atoms with E-state index in [1.165, 1.54) is 29.5 Å². The fraction of sp³-hybridized carbons (Fsp3) is 0.333. The van der Waals surface area contributed by atoms with Crippen molar-refractivity contribution in [3.63, 3.8) is 0 Å². The van der Waals surface area contributed by atoms with Gasteiger partial charge >= 0.3 is 0 Å². The van der Waals surface area contributed by atoms with Crippen LogP contribution in [0.4, 0.5) is 0 Å². The molecule has 2 aromatic carbocycles. The topological polar surface area (TPSA) is 47.3 Å². The van der Waals surface area contributed by atoms with Crippen molar-refractivity contribution >= 4 is 0 Å². The van der Waals surface area contributed by atoms with Crippen molar-refractivity contribution in [3.8, 4) is 5.75 Å². The lowest BCUT2D eigenvalue weighted by Crippen LogP contribution is -2.30. The molecule has 0 aromatic heterocycles. The first-order valence-corrected chi connectivity index (χ1v) is 7.48. The summed E-state index contributed by atoms with van der Waals surface area (Å²) in [7, 11) is 0. The SMILES string of the molecule is Cc1cccc(C)c1C(NN)c1cccc(OC2CC2)c1. The first-order valence-electron chi connectivity index (χ1n) is 7.48. The predicted octanol–water partition coefficient (Wildman–Crippen LogP) is 3.40. The molecule has 21 heavy (non-hydrogen) atoms. The maximum atomic E-state index is 5.89. The predicted molar refractivity (Wildman–Crippen MR) is 85.2 cm³/mol. The summed E-state index contributed by atoms with van der Waals surface area (Å²) in [5.74, 6) is 6.78. The second-order valence-corrected chi connectivity index (χ2v) is 5.79. The van der Waals surface area contributed by atoms with E-state index in [-0.39, 0.29) is 6.04 Å². The van der Waals surface area contributed by atoms with Gasteiger partial charge < -0.3 is 4.74 Å². The van der Waals surface area contributed by atoms with Crippen LogP contribution in [0.2, 0.25) is 0 Å². The van der Waals surface area contributed by atoms with E-state index in [4.69, 9.17) is 10.6 Å². The molecule has 0 aliphatic heterocycles. The summed E-state index contributed by atoms with van der Waals surface area (Å²) in [4.78, 5) is 0. The Labute approximate surface area is 126 Å². The highest BCUT2D eigenvalue weighted by molar-refractivity contribution is 5.43. The summed E-state index contributed by atoms with van der Waals surface area (Å²) in [5, 5.41) is 0. The number of rotatable bonds is 5. The van der Waals surface area contributed by atoms with E-state index in [0.717, 1.165) is 11.3 Å². The van der Waals surface area contributed by atoms with Crippen LogP contribution in [0.25, 0.3) is 0 Å². The van der Waals surface area contributed by atoms with Crippen molar-refractivity contribution in [2.24, 2.45) is 5.84 Å². The van der Waals surface area contributed by atoms with Crippen LogP contribution in [0.3, 0.4) is 0 Å². The van der Waals surface area contributed by atoms with E-state index in [9.17, 15) is 0 Å². The molecule has 3 heteroatoms. The van der Waals surface area contributed by atoms with Crippen LogP contribution in [-0.2, 0) is 0 Å². The number of nitrogens with two attached hydrogens (primary N) is 1. The average Bonchev–Trinajstić information content (AvgIpc) is 3.27. The second kappa shape index (κ2) is 5.88. The largest absolute Gasteiger partial charge is 0.490 e. The molecule has 0 radical (unpaired) electrons. The van der Waals surface area contributed by atoms with Gasteiger partial charge in [0.25, 0.3) is 0 Å². The smallest absolute Gasteiger partial charge is 0.120 e. The quantitative estimate of drug-likeness (QED) is 0.652. The second-order valence-electron chi connectivity index (χ2n) is 5.79. The third-order valence-electron chi connectivity index (χ3n) is 4.02. The monoisotopic (exact) mass is 282 g/mol. The van der Waals surface area contributed by atoms with Gasteiger partial charge in [0.1, 0.15) is 5.75 Å². The number of ether oxygens (including phenoxy) is 1. The van der Waals surface area contributed by atoms with Gasteiger partial charge in [0.15, 0.2) is 0 Å². The Hall–Kier alpha value is -1.84. The van der Waals surface area contributed by atoms with E-state index in [0.29, 0.717) is 6.10 Å². The zero-order valence-electron chi connectivity index (χ0n) is 12.6. The molecular weight excluding hydrogens is 260 g/mol. The summed E-state index contributed by atoms with van der Waals surface area (Å²) in [6, 6.07) is 14.5. The Morgan fingerprint density at radius 2 is 1.76 bits per heavy atom. The summed E-state index contributed by atoms with van der Waals surface area (Å²) in [6.07, 6.45) is 2.74. The Bertz CT molecular complexity index is 615. The Kier molecular flexibility index (Phi) is 3.95. The van der Waals surface area contributed by atoms with Crippen LogP contribution >= 0.6 is 0 Å². The van der Waals surface area contributed by atoms with Crippen LogP contribution < -0.4 is 16.0 Å². The molecule has 0 bridgehead atoms. The number of hydrogen-bond acceptors (Lipinski definition) is 3. The van der Waals surface area contributed by atoms with E-state index in [1.54, 1.807) is 0 Å². The third-order valence-corrected chi connectivity index (χ3v) is 4.02. The molecule has 1 unspecified atom stereocenters. The minimum absolute atomic E-state index is 0.0195. The van der Waals surface area contributed by atoms with Crippen LogP contribution in [0.15, 0.2) is 42.5 Å². The van der Waals surface area contributed by atoms with Crippen molar-refractivity contribution in [2.75, 3.05) is 0 Å². The van der Waals surface area contributed by atoms with Crippen molar-refractivity contribution < 1.29 is 4.74 Å². The first kappa shape index (κ1) is 14.1. The van der Waals surface area contributed by atoms with Gasteiger partial charge in [0.05, 0.1) is 12.1 Å². The molecule has 3 rings (SSSR count). The molecule has 1 saturated carbocycles. The lowest BCUT2D eigenvalue weighted by Gasteiger charge is -2.22. The molecule has 3 nitrogen and oxygen atoms in total. The summed E-state index contributed by atoms with van der Waals surface area (Å²) in [5.41, 5.74) is 7.81. The van der Waals surface area contributed by atoms with E-state index in [1.807, 2.05) is 12.1 Å². The van der Waals surface area contributed by atoms with Crippen LogP contribution in [0.5, 0.6) is 5.75 Å². The lowest BCUT2D eigenvalue weighted by atomic mass is 9.91. The first-order chi connectivity index (χ1) is 10.2. The molecule has 1 fully saturated rings. The fourth-order valence-electron chi connectivity index (χ4n) is 2.77. The Balaban J connectivity index is 1.95. The van der Waals surface area contributed by atoms with Gasteiger partial charge in [-0.05, 0) is 61.1 Å². The van der Waals surface area contributed by atoms with Crippen molar-refractivity contribution in [1.82, 2.24) is 5.43 Å². The number of benzene rings is 2. The van der Waals surface area contributed by atoms with E-state index < -0.39 is 0 Å². The summed E-state index contributed by atoms with van der Waals surface area (Å²) >= 11 is 0. The minimum Gasteiger partial charge on any atom is -0.490 e. The number of aryl methyl sites for hydroxylation is 2. The van der Waals surface area contributed by atoms with Gasteiger partial charge in [-0.3, -0.25) is 5.84 Å². The van der Waals surface area contributed by atoms with Gasteiger partial charge in [-0.1, -0.05) is 30.3 Å². The van der Waals surface area contributed by atoms with Crippen LogP contribution in [0.1, 0.15) is 41.1 Å². The molecular formula is C18H22N2O. The number of hydrogen-bond donors (Lipinski definition) is 2. The number of nitrogens with one attached hydrogen (secondary N) is 1. The highest BCUT2D eigenvalue weighted by Crippen LogP contribution is 2.31. The van der Waals surface area contributed by atoms with Gasteiger partial charge in [-0.2, -0.15) is 0 Å². The molecule has 2 aromatic rings. The Morgan fingerprint density at radius 1 is 1.10 bits per heavy atom. The number of hydrazine groups is 1. The van der Waals surface area contributed by atoms with Crippen LogP contribution in [0, 0.1) is 13.8 Å². The minimum atomic E-state index is -0.0195. The maximum absolute atomic E-state index is 5.89. The Morgan fingerprint density at radius 3 is 2.38 bits per heavy atom. The molecule has 0 saturated heterocycles. The van der Waals surface area contributed by atoms with Crippen LogP contribution in [-0.4, -0.2) is 6.10 Å². The van der Waals surface area contributed by atoms with Gasteiger partial charge in [-0.25, -0.2) is 5.43 Å². The molecule has 1 atom stereocenters. The van der Waals surface area contributed by atoms with Gasteiger partial charge in [-0.15, -0.1) is 0 Å². The molecule has 0 spiro atoms. The van der Waals surface area contributed by atoms with Crippen molar-refractivity contribution in [3.05, 3.63) is 64.7 Å². The highest BCUT2D eigenvalue weighted by atomic mass is 16.5. The van der Waals surface area contributed by atoms with Crippen molar-refractivity contribution in [1.29, 1.82) is 0 Å². The molecule has 3 N–H and O–H groups in total. The normalized spacial score (nSPS) is 15.8. The van der Waals surface area contributed by atoms with E-state index >= 15 is 0 Å². The zero-order valence-corrected chi connectivity index (χ0v) is 12.6. The molecule has 0 heterocycles. The average molecular weight is 282 g/mol. The molecule has 110 valence electrons. The van der Waals surface area contributed by atoms with Gasteiger partial charge in [0, 0.05) is 0 Å². The van der Waals surface area contributed by atoms with Gasteiger partial charge in [0.2, 0.25) is 0 Å². The molecule has 1 aliphatic carbocycles. The third kappa shape index (κ3) is 3.09. The molecule has 0 amide bonds. The fourth-order valence-corrected chi connectivity index (χ4v) is 2.77. The molecule has 1 aliphatic rings. The summed E-state index contributed by atoms with van der Waals surface area (Å²) in [6.45, 7) is 4.24. The lowest BCUT2D eigenvalue weighted by molar-refractivity contribution is 0.302. The zero-order chi connectivity index (χ0) is 14.8. The highest BCUT2D eigenvalue weighted by Gasteiger charge is 2.24. The standard InChI is InChI=1S/C18H22N2O/c1-12-5-3-6-13(2)17(12)18(20-19)14-7-4-8-16(11-14)21-15-9-10-15/h3-8,11,15,18,20H,9-10,19H2,1-2H3. The van der Waals surface area contributed by atoms with Crippen molar-refractivity contribution in [2.45, 2.75) is 38.8 Å².